The van der Waals surface area contributed by atoms with E-state index in [1.54, 1.807) is 0 Å². The van der Waals surface area contributed by atoms with Crippen molar-refractivity contribution in [3.8, 4) is 0 Å². The van der Waals surface area contributed by atoms with Crippen molar-refractivity contribution in [1.29, 1.82) is 0 Å². The van der Waals surface area contributed by atoms with Gasteiger partial charge in [-0.2, -0.15) is 0 Å². The molecule has 1 heterocycles. The summed E-state index contributed by atoms with van der Waals surface area (Å²) < 4.78 is 18.8. The molecule has 1 amide bonds. The number of carbonyl (C=O) groups is 2. The lowest BCUT2D eigenvalue weighted by molar-refractivity contribution is -0.289. The number of rotatable bonds is 5. The van der Waals surface area contributed by atoms with Crippen molar-refractivity contribution < 1.29 is 44.2 Å². The zero-order valence-electron chi connectivity index (χ0n) is 11.1. The lowest BCUT2D eigenvalue weighted by Gasteiger charge is -2.43. The first kappa shape index (κ1) is 17.7. The predicted molar refractivity (Wildman–Crippen MR) is 63.7 cm³/mol. The number of carboxylic acid groups (broad SMARTS) is 1. The Morgan fingerprint density at radius 3 is 2.52 bits per heavy atom. The number of hydrogen-bond donors (Lipinski definition) is 6. The quantitative estimate of drug-likeness (QED) is 0.316. The second kappa shape index (κ2) is 6.62. The minimum atomic E-state index is -2.86. The second-order valence-corrected chi connectivity index (χ2v) is 4.86. The number of hydrogen-bond acceptors (Lipinski definition) is 7. The van der Waals surface area contributed by atoms with Crippen molar-refractivity contribution in [2.45, 2.75) is 49.7 Å². The van der Waals surface area contributed by atoms with Gasteiger partial charge in [-0.05, 0) is 0 Å². The number of aliphatic hydroxyl groups excluding tert-OH is 3. The molecule has 0 aliphatic carbocycles. The molecule has 1 unspecified atom stereocenters. The van der Waals surface area contributed by atoms with E-state index < -0.39 is 61.2 Å². The highest BCUT2D eigenvalue weighted by molar-refractivity contribution is 5.76. The third kappa shape index (κ3) is 3.86. The Hall–Kier alpha value is -1.33. The van der Waals surface area contributed by atoms with Gasteiger partial charge in [0, 0.05) is 13.3 Å². The van der Waals surface area contributed by atoms with Crippen LogP contribution in [0.15, 0.2) is 0 Å². The van der Waals surface area contributed by atoms with E-state index in [9.17, 15) is 29.3 Å². The maximum Gasteiger partial charge on any atom is 0.364 e. The van der Waals surface area contributed by atoms with E-state index in [2.05, 4.69) is 5.32 Å². The fourth-order valence-electron chi connectivity index (χ4n) is 2.11. The summed E-state index contributed by atoms with van der Waals surface area (Å²) in [5.74, 6) is -5.36. The van der Waals surface area contributed by atoms with Crippen LogP contribution in [0, 0.1) is 0 Å². The van der Waals surface area contributed by atoms with Gasteiger partial charge in [0.15, 0.2) is 6.17 Å². The second-order valence-electron chi connectivity index (χ2n) is 4.86. The molecule has 0 saturated carbocycles. The van der Waals surface area contributed by atoms with Crippen LogP contribution in [0.5, 0.6) is 0 Å². The largest absolute Gasteiger partial charge is 0.477 e. The Labute approximate surface area is 119 Å². The highest BCUT2D eigenvalue weighted by Gasteiger charge is 2.54. The molecule has 0 aromatic carbocycles. The predicted octanol–water partition coefficient (Wildman–Crippen LogP) is -2.89. The molecule has 1 aliphatic heterocycles. The summed E-state index contributed by atoms with van der Waals surface area (Å²) in [4.78, 5) is 22.0. The third-order valence-electron chi connectivity index (χ3n) is 3.16. The lowest BCUT2D eigenvalue weighted by atomic mass is 9.89. The smallest absolute Gasteiger partial charge is 0.364 e. The summed E-state index contributed by atoms with van der Waals surface area (Å²) in [6, 6.07) is -1.39. The van der Waals surface area contributed by atoms with Crippen LogP contribution in [0.2, 0.25) is 0 Å². The first-order valence-corrected chi connectivity index (χ1v) is 6.14. The molecule has 1 fully saturated rings. The molecule has 21 heavy (non-hydrogen) atoms. The number of aliphatic carboxylic acids is 1. The van der Waals surface area contributed by atoms with E-state index in [4.69, 9.17) is 14.9 Å². The van der Waals surface area contributed by atoms with E-state index in [1.165, 1.54) is 0 Å². The Balaban J connectivity index is 3.07. The first-order chi connectivity index (χ1) is 9.62. The Kier molecular flexibility index (Phi) is 5.59. The monoisotopic (exact) mass is 311 g/mol. The van der Waals surface area contributed by atoms with Gasteiger partial charge in [0.25, 0.3) is 5.79 Å². The molecule has 0 aromatic heterocycles. The molecule has 6 atom stereocenters. The van der Waals surface area contributed by atoms with Crippen molar-refractivity contribution >= 4 is 11.9 Å². The third-order valence-corrected chi connectivity index (χ3v) is 3.16. The molecule has 0 spiro atoms. The number of aliphatic hydroxyl groups is 4. The fourth-order valence-corrected chi connectivity index (χ4v) is 2.11. The van der Waals surface area contributed by atoms with E-state index >= 15 is 0 Å². The van der Waals surface area contributed by atoms with Crippen molar-refractivity contribution in [1.82, 2.24) is 5.32 Å². The molecule has 6 N–H and O–H groups in total. The van der Waals surface area contributed by atoms with E-state index in [1.807, 2.05) is 0 Å². The van der Waals surface area contributed by atoms with Gasteiger partial charge in [0.1, 0.15) is 12.2 Å². The summed E-state index contributed by atoms with van der Waals surface area (Å²) in [6.45, 7) is 0.0902. The van der Waals surface area contributed by atoms with Crippen LogP contribution in [0.25, 0.3) is 0 Å². The molecule has 1 saturated heterocycles. The molecular formula is C11H18FNO8. The van der Waals surface area contributed by atoms with Gasteiger partial charge in [0.05, 0.1) is 18.8 Å². The SMILES string of the molecule is CC(=O)N[C@H]1[C@H]([C@@H](F)[C@H](O)CO)OC(O)(C(=O)O)C[C@@H]1O. The van der Waals surface area contributed by atoms with Crippen LogP contribution in [0.1, 0.15) is 13.3 Å². The van der Waals surface area contributed by atoms with Gasteiger partial charge in [-0.25, -0.2) is 9.18 Å². The van der Waals surface area contributed by atoms with Crippen LogP contribution in [-0.4, -0.2) is 80.3 Å². The van der Waals surface area contributed by atoms with Crippen molar-refractivity contribution in [2.24, 2.45) is 0 Å². The van der Waals surface area contributed by atoms with Crippen LogP contribution in [-0.2, 0) is 14.3 Å². The average molecular weight is 311 g/mol. The summed E-state index contributed by atoms with van der Waals surface area (Å²) in [5, 5.41) is 48.7. The Bertz CT molecular complexity index is 408. The fraction of sp³-hybridized carbons (Fsp3) is 0.818. The summed E-state index contributed by atoms with van der Waals surface area (Å²) in [6.07, 6.45) is -8.56. The van der Waals surface area contributed by atoms with Crippen molar-refractivity contribution in [2.75, 3.05) is 6.61 Å². The minimum Gasteiger partial charge on any atom is -0.477 e. The van der Waals surface area contributed by atoms with Gasteiger partial charge in [0.2, 0.25) is 5.91 Å². The highest BCUT2D eigenvalue weighted by atomic mass is 19.1. The molecule has 0 aromatic rings. The van der Waals surface area contributed by atoms with Gasteiger partial charge in [-0.15, -0.1) is 0 Å². The lowest BCUT2D eigenvalue weighted by Crippen LogP contribution is -2.66. The van der Waals surface area contributed by atoms with E-state index in [0.29, 0.717) is 0 Å². The van der Waals surface area contributed by atoms with Crippen LogP contribution >= 0.6 is 0 Å². The number of carboxylic acids is 1. The molecule has 122 valence electrons. The van der Waals surface area contributed by atoms with Gasteiger partial charge in [-0.1, -0.05) is 0 Å². The highest BCUT2D eigenvalue weighted by Crippen LogP contribution is 2.31. The van der Waals surface area contributed by atoms with Crippen LogP contribution in [0.4, 0.5) is 4.39 Å². The molecule has 1 aliphatic rings. The van der Waals surface area contributed by atoms with Crippen molar-refractivity contribution in [3.05, 3.63) is 0 Å². The molecule has 1 rings (SSSR count). The van der Waals surface area contributed by atoms with E-state index in [-0.39, 0.29) is 0 Å². The number of nitrogens with one attached hydrogen (secondary N) is 1. The number of ether oxygens (including phenoxy) is 1. The summed E-state index contributed by atoms with van der Waals surface area (Å²) in [7, 11) is 0. The minimum absolute atomic E-state index is 0.654. The van der Waals surface area contributed by atoms with Gasteiger partial charge in [-0.3, -0.25) is 4.79 Å². The molecule has 10 heteroatoms. The molecule has 9 nitrogen and oxygen atoms in total. The van der Waals surface area contributed by atoms with E-state index in [0.717, 1.165) is 6.92 Å². The number of amides is 1. The maximum absolute atomic E-state index is 14.1. The van der Waals surface area contributed by atoms with Gasteiger partial charge < -0.3 is 35.6 Å². The molecular weight excluding hydrogens is 293 g/mol. The first-order valence-electron chi connectivity index (χ1n) is 6.14. The molecule has 0 radical (unpaired) electrons. The number of carbonyl (C=O) groups excluding carboxylic acids is 1. The van der Waals surface area contributed by atoms with Crippen molar-refractivity contribution in [3.63, 3.8) is 0 Å². The molecule has 0 bridgehead atoms. The topological polar surface area (TPSA) is 157 Å². The Morgan fingerprint density at radius 1 is 1.52 bits per heavy atom. The van der Waals surface area contributed by atoms with Crippen LogP contribution in [0.3, 0.4) is 0 Å². The average Bonchev–Trinajstić information content (AvgIpc) is 2.39. The van der Waals surface area contributed by atoms with Crippen LogP contribution < -0.4 is 5.32 Å². The summed E-state index contributed by atoms with van der Waals surface area (Å²) in [5.41, 5.74) is 0. The zero-order valence-corrected chi connectivity index (χ0v) is 11.1. The van der Waals surface area contributed by atoms with Gasteiger partial charge >= 0.3 is 5.97 Å². The summed E-state index contributed by atoms with van der Waals surface area (Å²) >= 11 is 0. The maximum atomic E-state index is 14.1. The zero-order chi connectivity index (χ0) is 16.4. The Morgan fingerprint density at radius 2 is 2.10 bits per heavy atom. The number of alkyl halides is 1. The standard InChI is InChI=1S/C11H18FNO8/c1-4(15)13-8-5(16)2-11(20,10(18)19)21-9(8)7(12)6(17)3-14/h5-9,14,16-17,20H,2-3H2,1H3,(H,13,15)(H,18,19)/t5-,6+,7-,8+,9-,11?/m0/s1. The normalized spacial score (nSPS) is 35.8. The number of halogens is 1.